The zero-order chi connectivity index (χ0) is 11.4. The van der Waals surface area contributed by atoms with Crippen molar-refractivity contribution in [3.63, 3.8) is 0 Å². The predicted molar refractivity (Wildman–Crippen MR) is 64.9 cm³/mol. The van der Waals surface area contributed by atoms with E-state index in [0.29, 0.717) is 0 Å². The first-order valence-corrected chi connectivity index (χ1v) is 5.46. The summed E-state index contributed by atoms with van der Waals surface area (Å²) in [6, 6.07) is 18.8. The molecule has 0 saturated heterocycles. The van der Waals surface area contributed by atoms with Gasteiger partial charge >= 0.3 is 0 Å². The molecule has 0 fully saturated rings. The minimum absolute atomic E-state index is 0.350. The maximum Gasteiger partial charge on any atom is 0.165 e. The minimum atomic E-state index is -0.371. The van der Waals surface area contributed by atoms with Crippen LogP contribution < -0.4 is 4.58 Å². The summed E-state index contributed by atoms with van der Waals surface area (Å²) in [5, 5.41) is 11.5. The molecule has 0 aliphatic rings. The molecule has 3 heteroatoms. The van der Waals surface area contributed by atoms with Gasteiger partial charge < -0.3 is 5.21 Å². The summed E-state index contributed by atoms with van der Waals surface area (Å²) >= 11 is 5.67. The van der Waals surface area contributed by atoms with Crippen molar-refractivity contribution in [3.05, 3.63) is 77.0 Å². The number of quaternary nitrogens is 1. The maximum absolute atomic E-state index is 11.5. The fraction of sp³-hybridized carbons (Fsp3) is 0.0769. The molecular formula is C13H12ClNO. The van der Waals surface area contributed by atoms with Gasteiger partial charge in [0.15, 0.2) is 17.8 Å². The fourth-order valence-electron chi connectivity index (χ4n) is 1.75. The van der Waals surface area contributed by atoms with E-state index >= 15 is 0 Å². The van der Waals surface area contributed by atoms with E-state index in [9.17, 15) is 5.21 Å². The largest absolute Gasteiger partial charge is 0.614 e. The van der Waals surface area contributed by atoms with Gasteiger partial charge in [-0.05, 0) is 0 Å². The van der Waals surface area contributed by atoms with E-state index in [-0.39, 0.29) is 10.6 Å². The topological polar surface area (TPSA) is 27.5 Å². The first-order valence-electron chi connectivity index (χ1n) is 5.08. The van der Waals surface area contributed by atoms with Crippen LogP contribution in [0.15, 0.2) is 60.7 Å². The van der Waals surface area contributed by atoms with E-state index < -0.39 is 0 Å². The van der Waals surface area contributed by atoms with Crippen molar-refractivity contribution in [1.29, 1.82) is 0 Å². The van der Waals surface area contributed by atoms with Gasteiger partial charge in [0.1, 0.15) is 0 Å². The molecule has 0 radical (unpaired) electrons. The average molecular weight is 234 g/mol. The lowest BCUT2D eigenvalue weighted by atomic mass is 10.00. The third-order valence-corrected chi connectivity index (χ3v) is 2.71. The van der Waals surface area contributed by atoms with E-state index in [1.165, 1.54) is 0 Å². The molecule has 2 aromatic carbocycles. The Balaban J connectivity index is 2.40. The Labute approximate surface area is 99.8 Å². The number of nitrogens with one attached hydrogen (secondary N) is 1. The van der Waals surface area contributed by atoms with E-state index in [0.717, 1.165) is 11.1 Å². The van der Waals surface area contributed by atoms with E-state index in [2.05, 4.69) is 0 Å². The van der Waals surface area contributed by atoms with Crippen molar-refractivity contribution >= 4 is 11.8 Å². The maximum atomic E-state index is 11.5. The lowest BCUT2D eigenvalue weighted by Crippen LogP contribution is -2.98. The van der Waals surface area contributed by atoms with Crippen LogP contribution in [0.5, 0.6) is 0 Å². The molecule has 2 nitrogen and oxygen atoms in total. The minimum Gasteiger partial charge on any atom is -0.614 e. The highest BCUT2D eigenvalue weighted by atomic mass is 35.5. The van der Waals surface area contributed by atoms with Crippen LogP contribution >= 0.6 is 11.8 Å². The highest BCUT2D eigenvalue weighted by Crippen LogP contribution is 2.18. The molecule has 1 atom stereocenters. The molecule has 0 aliphatic carbocycles. The molecule has 1 N–H and O–H groups in total. The summed E-state index contributed by atoms with van der Waals surface area (Å²) in [6.45, 7) is 0. The Hall–Kier alpha value is -1.35. The van der Waals surface area contributed by atoms with Gasteiger partial charge in [0, 0.05) is 11.1 Å². The molecule has 2 aromatic rings. The quantitative estimate of drug-likeness (QED) is 0.640. The number of hydrogen-bond acceptors (Lipinski definition) is 1. The lowest BCUT2D eigenvalue weighted by molar-refractivity contribution is -0.749. The van der Waals surface area contributed by atoms with Gasteiger partial charge in [-0.2, -0.15) is 0 Å². The summed E-state index contributed by atoms with van der Waals surface area (Å²) < 4.78 is -0.350. The van der Waals surface area contributed by atoms with Gasteiger partial charge in [0.2, 0.25) is 0 Å². The van der Waals surface area contributed by atoms with E-state index in [1.807, 2.05) is 60.7 Å². The Bertz CT molecular complexity index is 391. The smallest absolute Gasteiger partial charge is 0.165 e. The van der Waals surface area contributed by atoms with Crippen LogP contribution in [-0.2, 0) is 0 Å². The van der Waals surface area contributed by atoms with Crippen LogP contribution in [-0.4, -0.2) is 0 Å². The van der Waals surface area contributed by atoms with Crippen LogP contribution in [0.3, 0.4) is 0 Å². The average Bonchev–Trinajstić information content (AvgIpc) is 2.31. The zero-order valence-electron chi connectivity index (χ0n) is 8.64. The molecule has 0 amide bonds. The third-order valence-electron chi connectivity index (χ3n) is 2.49. The number of hydrogen-bond donors (Lipinski definition) is 1. The zero-order valence-corrected chi connectivity index (χ0v) is 9.39. The standard InChI is InChI=1S/C13H12ClNO/c14-15(16)13(11-7-3-1-4-8-11)12-9-5-2-6-10-12/h1-10,13,15H. The Kier molecular flexibility index (Phi) is 3.57. The second-order valence-corrected chi connectivity index (χ2v) is 3.93. The highest BCUT2D eigenvalue weighted by molar-refractivity contribution is 6.04. The monoisotopic (exact) mass is 233 g/mol. The molecular weight excluding hydrogens is 222 g/mol. The lowest BCUT2D eigenvalue weighted by Gasteiger charge is -2.24. The SMILES string of the molecule is [O-][NH+](Cl)C(c1ccccc1)c1ccccc1. The van der Waals surface area contributed by atoms with Gasteiger partial charge in [-0.15, -0.1) is 0 Å². The third kappa shape index (κ3) is 2.42. The van der Waals surface area contributed by atoms with Gasteiger partial charge in [0.25, 0.3) is 0 Å². The molecule has 0 aliphatic heterocycles. The summed E-state index contributed by atoms with van der Waals surface area (Å²) in [4.78, 5) is 0. The van der Waals surface area contributed by atoms with Crippen molar-refractivity contribution in [1.82, 2.24) is 0 Å². The van der Waals surface area contributed by atoms with Gasteiger partial charge in [-0.3, -0.25) is 4.58 Å². The molecule has 0 bridgehead atoms. The second kappa shape index (κ2) is 5.12. The van der Waals surface area contributed by atoms with Gasteiger partial charge in [0.05, 0.1) is 0 Å². The van der Waals surface area contributed by atoms with Crippen LogP contribution in [0.4, 0.5) is 0 Å². The molecule has 1 unspecified atom stereocenters. The highest BCUT2D eigenvalue weighted by Gasteiger charge is 2.19. The van der Waals surface area contributed by atoms with Crippen molar-refractivity contribution in [3.8, 4) is 0 Å². The summed E-state index contributed by atoms with van der Waals surface area (Å²) in [5.41, 5.74) is 1.85. The molecule has 0 spiro atoms. The first kappa shape index (κ1) is 11.1. The number of rotatable bonds is 3. The number of hydroxylamine groups is 1. The van der Waals surface area contributed by atoms with Crippen LogP contribution in [0.1, 0.15) is 17.2 Å². The van der Waals surface area contributed by atoms with Crippen LogP contribution in [0.25, 0.3) is 0 Å². The Morgan fingerprint density at radius 3 is 1.50 bits per heavy atom. The molecule has 0 aromatic heterocycles. The van der Waals surface area contributed by atoms with E-state index in [4.69, 9.17) is 11.8 Å². The van der Waals surface area contributed by atoms with Crippen LogP contribution in [0.2, 0.25) is 0 Å². The Morgan fingerprint density at radius 1 is 0.812 bits per heavy atom. The molecule has 0 heterocycles. The molecule has 82 valence electrons. The van der Waals surface area contributed by atoms with Gasteiger partial charge in [-0.1, -0.05) is 60.7 Å². The fourth-order valence-corrected chi connectivity index (χ4v) is 2.00. The van der Waals surface area contributed by atoms with Crippen molar-refractivity contribution in [2.45, 2.75) is 6.04 Å². The van der Waals surface area contributed by atoms with Crippen molar-refractivity contribution in [2.24, 2.45) is 0 Å². The second-order valence-electron chi connectivity index (χ2n) is 3.56. The molecule has 2 rings (SSSR count). The summed E-state index contributed by atoms with van der Waals surface area (Å²) in [6.07, 6.45) is 0. The van der Waals surface area contributed by atoms with Crippen molar-refractivity contribution in [2.75, 3.05) is 0 Å². The van der Waals surface area contributed by atoms with Crippen molar-refractivity contribution < 1.29 is 4.58 Å². The normalized spacial score (nSPS) is 12.7. The Morgan fingerprint density at radius 2 is 1.19 bits per heavy atom. The number of benzene rings is 2. The van der Waals surface area contributed by atoms with Crippen LogP contribution in [0, 0.1) is 5.21 Å². The summed E-state index contributed by atoms with van der Waals surface area (Å²) in [5.74, 6) is 0. The molecule has 16 heavy (non-hydrogen) atoms. The summed E-state index contributed by atoms with van der Waals surface area (Å²) in [7, 11) is 0. The predicted octanol–water partition coefficient (Wildman–Crippen LogP) is 2.31. The van der Waals surface area contributed by atoms with E-state index in [1.54, 1.807) is 0 Å². The number of halogens is 1. The van der Waals surface area contributed by atoms with Gasteiger partial charge in [-0.25, -0.2) is 0 Å². The first-order chi connectivity index (χ1) is 7.79. The molecule has 0 saturated carbocycles.